The Morgan fingerprint density at radius 1 is 0.625 bits per heavy atom. The van der Waals surface area contributed by atoms with E-state index in [-0.39, 0.29) is 0 Å². The summed E-state index contributed by atoms with van der Waals surface area (Å²) in [5, 5.41) is 0. The molecule has 0 amide bonds. The number of rotatable bonds is 1. The molecule has 0 aromatic rings. The second-order valence-corrected chi connectivity index (χ2v) is 3.28. The quantitative estimate of drug-likeness (QED) is 0.538. The molecule has 0 aromatic heterocycles. The Balaban J connectivity index is 0.000000509. The average Bonchev–Trinajstić information content (AvgIpc) is 2.45. The summed E-state index contributed by atoms with van der Waals surface area (Å²) in [5.41, 5.74) is 2.83. The van der Waals surface area contributed by atoms with Gasteiger partial charge in [0.2, 0.25) is 0 Å². The third kappa shape index (κ3) is 5.16. The van der Waals surface area contributed by atoms with Crippen LogP contribution in [0.2, 0.25) is 0 Å². The summed E-state index contributed by atoms with van der Waals surface area (Å²) in [6, 6.07) is 0. The van der Waals surface area contributed by atoms with Crippen molar-refractivity contribution in [3.05, 3.63) is 47.6 Å². The molecular weight excluding hydrogens is 192 g/mol. The van der Waals surface area contributed by atoms with Gasteiger partial charge in [0.1, 0.15) is 0 Å². The highest BCUT2D eigenvalue weighted by Gasteiger charge is 2.02. The van der Waals surface area contributed by atoms with E-state index in [2.05, 4.69) is 36.5 Å². The minimum atomic E-state index is 1.21. The molecule has 16 heavy (non-hydrogen) atoms. The molecular formula is C16H26. The van der Waals surface area contributed by atoms with Crippen LogP contribution in [-0.4, -0.2) is 0 Å². The highest BCUT2D eigenvalue weighted by atomic mass is 14.1. The van der Waals surface area contributed by atoms with E-state index in [1.807, 2.05) is 27.7 Å². The molecule has 0 bridgehead atoms. The summed E-state index contributed by atoms with van der Waals surface area (Å²) in [5.74, 6) is 0. The molecule has 0 spiro atoms. The van der Waals surface area contributed by atoms with Crippen LogP contribution in [0.15, 0.2) is 47.6 Å². The Labute approximate surface area is 101 Å². The van der Waals surface area contributed by atoms with E-state index >= 15 is 0 Å². The van der Waals surface area contributed by atoms with Gasteiger partial charge >= 0.3 is 0 Å². The zero-order chi connectivity index (χ0) is 12.2. The molecule has 0 saturated heterocycles. The van der Waals surface area contributed by atoms with Gasteiger partial charge in [0.25, 0.3) is 0 Å². The van der Waals surface area contributed by atoms with Crippen molar-refractivity contribution < 1.29 is 0 Å². The molecule has 2 rings (SSSR count). The molecule has 0 heteroatoms. The van der Waals surface area contributed by atoms with Gasteiger partial charge in [-0.05, 0) is 36.8 Å². The van der Waals surface area contributed by atoms with Gasteiger partial charge in [-0.25, -0.2) is 0 Å². The third-order valence-electron chi connectivity index (χ3n) is 2.32. The predicted molar refractivity (Wildman–Crippen MR) is 75.6 cm³/mol. The molecule has 0 aromatic carbocycles. The van der Waals surface area contributed by atoms with Crippen molar-refractivity contribution in [1.82, 2.24) is 0 Å². The molecule has 0 saturated carbocycles. The number of allylic oxidation sites excluding steroid dienone is 8. The number of hydrogen-bond donors (Lipinski definition) is 0. The fraction of sp³-hybridized carbons (Fsp3) is 0.500. The molecule has 2 aliphatic carbocycles. The average molecular weight is 218 g/mol. The summed E-state index contributed by atoms with van der Waals surface area (Å²) in [6.45, 7) is 8.00. The van der Waals surface area contributed by atoms with Gasteiger partial charge < -0.3 is 0 Å². The fourth-order valence-electron chi connectivity index (χ4n) is 1.65. The lowest BCUT2D eigenvalue weighted by Gasteiger charge is -2.10. The van der Waals surface area contributed by atoms with Gasteiger partial charge in [-0.2, -0.15) is 0 Å². The van der Waals surface area contributed by atoms with E-state index in [0.717, 1.165) is 0 Å². The lowest BCUT2D eigenvalue weighted by atomic mass is 9.95. The lowest BCUT2D eigenvalue weighted by molar-refractivity contribution is 0.998. The van der Waals surface area contributed by atoms with Gasteiger partial charge in [-0.15, -0.1) is 0 Å². The van der Waals surface area contributed by atoms with Gasteiger partial charge in [0, 0.05) is 0 Å². The van der Waals surface area contributed by atoms with Crippen LogP contribution in [0.1, 0.15) is 53.4 Å². The zero-order valence-corrected chi connectivity index (χ0v) is 11.3. The molecule has 0 nitrogen and oxygen atoms in total. The predicted octanol–water partition coefficient (Wildman–Crippen LogP) is 5.59. The molecule has 0 aliphatic heterocycles. The van der Waals surface area contributed by atoms with Gasteiger partial charge in [-0.3, -0.25) is 0 Å². The molecule has 0 radical (unpaired) electrons. The van der Waals surface area contributed by atoms with Crippen molar-refractivity contribution in [2.45, 2.75) is 53.4 Å². The van der Waals surface area contributed by atoms with Crippen LogP contribution >= 0.6 is 0 Å². The summed E-state index contributed by atoms with van der Waals surface area (Å²) in [4.78, 5) is 0. The van der Waals surface area contributed by atoms with Gasteiger partial charge in [0.15, 0.2) is 0 Å². The summed E-state index contributed by atoms with van der Waals surface area (Å²) < 4.78 is 0. The van der Waals surface area contributed by atoms with Crippen molar-refractivity contribution >= 4 is 0 Å². The Morgan fingerprint density at radius 2 is 1.00 bits per heavy atom. The van der Waals surface area contributed by atoms with Crippen molar-refractivity contribution in [1.29, 1.82) is 0 Å². The number of hydrogen-bond acceptors (Lipinski definition) is 0. The van der Waals surface area contributed by atoms with Gasteiger partial charge in [-0.1, -0.05) is 64.2 Å². The largest absolute Gasteiger partial charge is 0.0836 e. The fourth-order valence-corrected chi connectivity index (χ4v) is 1.65. The van der Waals surface area contributed by atoms with E-state index in [1.54, 1.807) is 0 Å². The molecule has 0 fully saturated rings. The summed E-state index contributed by atoms with van der Waals surface area (Å²) in [7, 11) is 0. The summed E-state index contributed by atoms with van der Waals surface area (Å²) >= 11 is 0. The van der Waals surface area contributed by atoms with Crippen LogP contribution in [0, 0.1) is 0 Å². The topological polar surface area (TPSA) is 0 Å². The van der Waals surface area contributed by atoms with E-state index in [1.165, 1.54) is 36.8 Å². The van der Waals surface area contributed by atoms with Crippen LogP contribution < -0.4 is 0 Å². The third-order valence-corrected chi connectivity index (χ3v) is 2.32. The summed E-state index contributed by atoms with van der Waals surface area (Å²) in [6.07, 6.45) is 18.5. The zero-order valence-electron chi connectivity index (χ0n) is 11.3. The Kier molecular flexibility index (Phi) is 9.80. The Morgan fingerprint density at radius 3 is 1.25 bits per heavy atom. The maximum absolute atomic E-state index is 2.33. The molecule has 0 unspecified atom stereocenters. The van der Waals surface area contributed by atoms with E-state index in [9.17, 15) is 0 Å². The SMILES string of the molecule is C1=CC(C2=CCCC=C2)=CCC1.CC.CC. The lowest BCUT2D eigenvalue weighted by Crippen LogP contribution is -1.90. The minimum Gasteiger partial charge on any atom is -0.0836 e. The van der Waals surface area contributed by atoms with E-state index in [4.69, 9.17) is 0 Å². The van der Waals surface area contributed by atoms with Crippen LogP contribution in [0.3, 0.4) is 0 Å². The van der Waals surface area contributed by atoms with Crippen LogP contribution in [-0.2, 0) is 0 Å². The van der Waals surface area contributed by atoms with Crippen molar-refractivity contribution in [3.8, 4) is 0 Å². The molecule has 0 N–H and O–H groups in total. The van der Waals surface area contributed by atoms with Crippen LogP contribution in [0.25, 0.3) is 0 Å². The van der Waals surface area contributed by atoms with Crippen molar-refractivity contribution in [2.75, 3.05) is 0 Å². The van der Waals surface area contributed by atoms with E-state index < -0.39 is 0 Å². The van der Waals surface area contributed by atoms with Gasteiger partial charge in [0.05, 0.1) is 0 Å². The first-order valence-electron chi connectivity index (χ1n) is 6.70. The molecule has 90 valence electrons. The molecule has 0 heterocycles. The molecule has 0 atom stereocenters. The highest BCUT2D eigenvalue weighted by Crippen LogP contribution is 2.22. The maximum atomic E-state index is 2.33. The minimum absolute atomic E-state index is 1.21. The standard InChI is InChI=1S/C12H14.2C2H6/c1-3-7-11(8-4-1)12-9-5-2-6-10-12;2*1-2/h3,5,7-10H,1-2,4,6H2;2*1-2H3. The first-order valence-corrected chi connectivity index (χ1v) is 6.70. The maximum Gasteiger partial charge on any atom is -0.0230 e. The smallest absolute Gasteiger partial charge is 0.0230 e. The van der Waals surface area contributed by atoms with Crippen molar-refractivity contribution in [2.24, 2.45) is 0 Å². The Bertz CT molecular complexity index is 244. The Hall–Kier alpha value is -1.04. The molecule has 2 aliphatic rings. The second kappa shape index (κ2) is 10.5. The first-order chi connectivity index (χ1) is 7.97. The normalized spacial score (nSPS) is 17.2. The van der Waals surface area contributed by atoms with Crippen molar-refractivity contribution in [3.63, 3.8) is 0 Å². The highest BCUT2D eigenvalue weighted by molar-refractivity contribution is 5.48. The van der Waals surface area contributed by atoms with Crippen LogP contribution in [0.4, 0.5) is 0 Å². The van der Waals surface area contributed by atoms with E-state index in [0.29, 0.717) is 0 Å². The first kappa shape index (κ1) is 15.0. The second-order valence-electron chi connectivity index (χ2n) is 3.28. The monoisotopic (exact) mass is 218 g/mol. The van der Waals surface area contributed by atoms with Crippen LogP contribution in [0.5, 0.6) is 0 Å².